The maximum absolute atomic E-state index is 3.57. The Morgan fingerprint density at radius 3 is 2.60 bits per heavy atom. The van der Waals surface area contributed by atoms with Crippen LogP contribution < -0.4 is 0 Å². The van der Waals surface area contributed by atoms with Crippen molar-refractivity contribution < 1.29 is 0 Å². The quantitative estimate of drug-likeness (QED) is 0.635. The predicted octanol–water partition coefficient (Wildman–Crippen LogP) is 1.34. The minimum atomic E-state index is -0.368. The van der Waals surface area contributed by atoms with Crippen molar-refractivity contribution in [1.82, 2.24) is 0 Å². The van der Waals surface area contributed by atoms with Gasteiger partial charge in [0.25, 0.3) is 0 Å². The Morgan fingerprint density at radius 1 is 2.00 bits per heavy atom. The van der Waals surface area contributed by atoms with Gasteiger partial charge < -0.3 is 0 Å². The third kappa shape index (κ3) is 5.09. The van der Waals surface area contributed by atoms with E-state index in [0.717, 1.165) is 0 Å². The van der Waals surface area contributed by atoms with E-state index in [2.05, 4.69) is 18.9 Å². The molecule has 0 radical (unpaired) electrons. The molecule has 28 valence electrons. The molecule has 0 aromatic rings. The molecule has 0 amide bonds. The standard InChI is InChI=1S/C3H5.BrH.In.H/c1-3-2;;;/h3H,1-2H2;1H;;/q;;+1;/p-1. The summed E-state index contributed by atoms with van der Waals surface area (Å²) < 4.78 is 1.28. The molecule has 0 rings (SSSR count). The van der Waals surface area contributed by atoms with Crippen molar-refractivity contribution in [2.24, 2.45) is 0 Å². The van der Waals surface area contributed by atoms with Gasteiger partial charge in [-0.05, 0) is 0 Å². The summed E-state index contributed by atoms with van der Waals surface area (Å²) in [5.74, 6) is 0. The van der Waals surface area contributed by atoms with Gasteiger partial charge in [0.2, 0.25) is 0 Å². The van der Waals surface area contributed by atoms with E-state index >= 15 is 0 Å². The molecule has 0 saturated carbocycles. The molecule has 0 aromatic heterocycles. The van der Waals surface area contributed by atoms with Crippen LogP contribution >= 0.6 is 12.3 Å². The van der Waals surface area contributed by atoms with Crippen molar-refractivity contribution >= 4 is 32.9 Å². The molecular formula is C3H6BrIn. The minimum absolute atomic E-state index is 0.368. The molecule has 0 atom stereocenters. The van der Waals surface area contributed by atoms with E-state index in [1.165, 1.54) is 4.18 Å². The van der Waals surface area contributed by atoms with Gasteiger partial charge in [-0.1, -0.05) is 0 Å². The summed E-state index contributed by atoms with van der Waals surface area (Å²) >= 11 is 3.08. The van der Waals surface area contributed by atoms with Gasteiger partial charge in [0.1, 0.15) is 0 Å². The van der Waals surface area contributed by atoms with E-state index < -0.39 is 0 Å². The van der Waals surface area contributed by atoms with Crippen molar-refractivity contribution in [2.75, 3.05) is 0 Å². The van der Waals surface area contributed by atoms with Crippen molar-refractivity contribution in [2.45, 2.75) is 4.18 Å². The third-order valence-electron chi connectivity index (χ3n) is 0.313. The second kappa shape index (κ2) is 5.09. The first-order valence-corrected chi connectivity index (χ1v) is 13.5. The topological polar surface area (TPSA) is 0 Å². The zero-order valence-electron chi connectivity index (χ0n) is 3.08. The molecule has 0 aliphatic carbocycles. The van der Waals surface area contributed by atoms with Crippen LogP contribution in [0.3, 0.4) is 0 Å². The van der Waals surface area contributed by atoms with E-state index in [-0.39, 0.29) is 20.6 Å². The Labute approximate surface area is 49.5 Å². The number of hydrogen-bond acceptors (Lipinski definition) is 0. The Balaban J connectivity index is 2.40. The van der Waals surface area contributed by atoms with E-state index in [4.69, 9.17) is 0 Å². The zero-order chi connectivity index (χ0) is 4.12. The van der Waals surface area contributed by atoms with Crippen LogP contribution in [0.2, 0.25) is 4.18 Å². The molecule has 0 fully saturated rings. The Hall–Kier alpha value is 1.09. The molecule has 0 heterocycles. The number of rotatable bonds is 2. The first kappa shape index (κ1) is 6.09. The second-order valence-corrected chi connectivity index (χ2v) is 8.81. The van der Waals surface area contributed by atoms with Gasteiger partial charge in [0, 0.05) is 0 Å². The molecule has 0 nitrogen and oxygen atoms in total. The monoisotopic (exact) mass is 236 g/mol. The number of hydrogen-bond donors (Lipinski definition) is 0. The summed E-state index contributed by atoms with van der Waals surface area (Å²) in [4.78, 5) is 0. The summed E-state index contributed by atoms with van der Waals surface area (Å²) in [6.07, 6.45) is 1.98. The van der Waals surface area contributed by atoms with Gasteiger partial charge in [-0.15, -0.1) is 0 Å². The van der Waals surface area contributed by atoms with Gasteiger partial charge in [-0.3, -0.25) is 0 Å². The molecule has 0 aliphatic rings. The van der Waals surface area contributed by atoms with Crippen LogP contribution in [-0.4, -0.2) is 20.6 Å². The van der Waals surface area contributed by atoms with Crippen LogP contribution in [-0.2, 0) is 0 Å². The van der Waals surface area contributed by atoms with Crippen LogP contribution in [0.15, 0.2) is 12.7 Å². The van der Waals surface area contributed by atoms with Crippen molar-refractivity contribution in [1.29, 1.82) is 0 Å². The van der Waals surface area contributed by atoms with Gasteiger partial charge in [-0.25, -0.2) is 0 Å². The van der Waals surface area contributed by atoms with E-state index in [0.29, 0.717) is 0 Å². The average molecular weight is 237 g/mol. The molecule has 2 heteroatoms. The molecule has 0 unspecified atom stereocenters. The van der Waals surface area contributed by atoms with Crippen molar-refractivity contribution in [3.8, 4) is 0 Å². The first-order valence-electron chi connectivity index (χ1n) is 1.58. The van der Waals surface area contributed by atoms with Crippen LogP contribution in [0.1, 0.15) is 0 Å². The SMILES string of the molecule is C=C[CH2][InH][Br]. The fraction of sp³-hybridized carbons (Fsp3) is 0.333. The van der Waals surface area contributed by atoms with E-state index in [1.807, 2.05) is 6.08 Å². The summed E-state index contributed by atoms with van der Waals surface area (Å²) in [5, 5.41) is 0. The summed E-state index contributed by atoms with van der Waals surface area (Å²) in [7, 11) is 0. The fourth-order valence-electron chi connectivity index (χ4n) is 0.0772. The Bertz CT molecular complexity index is 28.1. The van der Waals surface area contributed by atoms with Crippen LogP contribution in [0, 0.1) is 0 Å². The fourth-order valence-corrected chi connectivity index (χ4v) is 2.69. The van der Waals surface area contributed by atoms with Crippen LogP contribution in [0.25, 0.3) is 0 Å². The van der Waals surface area contributed by atoms with E-state index in [1.54, 1.807) is 0 Å². The zero-order valence-corrected chi connectivity index (χ0v) is 8.70. The molecule has 0 bridgehead atoms. The molecule has 0 aliphatic heterocycles. The molecule has 0 N–H and O–H groups in total. The van der Waals surface area contributed by atoms with Gasteiger partial charge in [-0.2, -0.15) is 0 Å². The maximum atomic E-state index is 3.57. The van der Waals surface area contributed by atoms with Gasteiger partial charge >= 0.3 is 49.7 Å². The number of allylic oxidation sites excluding steroid dienone is 1. The summed E-state index contributed by atoms with van der Waals surface area (Å²) in [6.45, 7) is 3.57. The molecular weight excluding hydrogens is 231 g/mol. The molecule has 0 aromatic carbocycles. The molecule has 0 spiro atoms. The van der Waals surface area contributed by atoms with Gasteiger partial charge in [0.15, 0.2) is 0 Å². The van der Waals surface area contributed by atoms with Crippen molar-refractivity contribution in [3.05, 3.63) is 12.7 Å². The molecule has 0 saturated heterocycles. The Kier molecular flexibility index (Phi) is 6.20. The van der Waals surface area contributed by atoms with Crippen LogP contribution in [0.5, 0.6) is 0 Å². The third-order valence-corrected chi connectivity index (χ3v) is 5.17. The average Bonchev–Trinajstić information content (AvgIpc) is 1.41. The van der Waals surface area contributed by atoms with Gasteiger partial charge in [0.05, 0.1) is 0 Å². The van der Waals surface area contributed by atoms with E-state index in [9.17, 15) is 0 Å². The first-order chi connectivity index (χ1) is 2.41. The normalized spacial score (nSPS) is 6.60. The predicted molar refractivity (Wildman–Crippen MR) is 31.1 cm³/mol. The molecule has 5 heavy (non-hydrogen) atoms. The number of halogens is 1. The summed E-state index contributed by atoms with van der Waals surface area (Å²) in [5.41, 5.74) is 0. The Morgan fingerprint density at radius 2 is 2.60 bits per heavy atom. The van der Waals surface area contributed by atoms with Crippen LogP contribution in [0.4, 0.5) is 0 Å². The summed E-state index contributed by atoms with van der Waals surface area (Å²) in [6, 6.07) is 0. The van der Waals surface area contributed by atoms with Crippen molar-refractivity contribution in [3.63, 3.8) is 0 Å². The second-order valence-electron chi connectivity index (χ2n) is 0.766.